The number of anilines is 2. The van der Waals surface area contributed by atoms with Gasteiger partial charge in [-0.05, 0) is 30.3 Å². The summed E-state index contributed by atoms with van der Waals surface area (Å²) >= 11 is 17.7. The van der Waals surface area contributed by atoms with Gasteiger partial charge in [-0.15, -0.1) is 0 Å². The lowest BCUT2D eigenvalue weighted by atomic mass is 10.2. The van der Waals surface area contributed by atoms with Crippen LogP contribution in [0.5, 0.6) is 0 Å². The second kappa shape index (κ2) is 8.36. The van der Waals surface area contributed by atoms with Crippen molar-refractivity contribution in [1.29, 1.82) is 0 Å². The first-order chi connectivity index (χ1) is 12.8. The Balaban J connectivity index is 2.38. The molecule has 0 heterocycles. The number of amides is 1. The van der Waals surface area contributed by atoms with Crippen molar-refractivity contribution in [2.75, 3.05) is 22.4 Å². The molecule has 2 aromatic rings. The zero-order valence-corrected chi connectivity index (χ0v) is 17.1. The highest BCUT2D eigenvalue weighted by atomic mass is 35.5. The Morgan fingerprint density at radius 1 is 1.11 bits per heavy atom. The second-order valence-corrected chi connectivity index (χ2v) is 8.68. The Morgan fingerprint density at radius 3 is 2.32 bits per heavy atom. The molecule has 0 aromatic heterocycles. The molecule has 5 nitrogen and oxygen atoms in total. The minimum atomic E-state index is -4.72. The van der Waals surface area contributed by atoms with E-state index in [2.05, 4.69) is 5.32 Å². The van der Waals surface area contributed by atoms with E-state index in [9.17, 15) is 26.4 Å². The molecule has 0 fully saturated rings. The largest absolute Gasteiger partial charge is 0.416 e. The molecule has 1 N–H and O–H groups in total. The van der Waals surface area contributed by atoms with Gasteiger partial charge in [0.25, 0.3) is 0 Å². The number of sulfonamides is 1. The summed E-state index contributed by atoms with van der Waals surface area (Å²) in [5, 5.41) is 2.27. The molecular formula is C16H12Cl3F3N2O3S. The van der Waals surface area contributed by atoms with E-state index in [4.69, 9.17) is 34.8 Å². The molecule has 12 heteroatoms. The Morgan fingerprint density at radius 2 is 1.75 bits per heavy atom. The third kappa shape index (κ3) is 5.44. The van der Waals surface area contributed by atoms with Crippen molar-refractivity contribution in [3.63, 3.8) is 0 Å². The van der Waals surface area contributed by atoms with Crippen LogP contribution in [0.15, 0.2) is 36.4 Å². The van der Waals surface area contributed by atoms with Crippen LogP contribution in [0.4, 0.5) is 24.5 Å². The lowest BCUT2D eigenvalue weighted by Gasteiger charge is -2.24. The topological polar surface area (TPSA) is 66.5 Å². The lowest BCUT2D eigenvalue weighted by molar-refractivity contribution is -0.137. The minimum Gasteiger partial charge on any atom is -0.323 e. The fourth-order valence-corrected chi connectivity index (χ4v) is 3.66. The first-order valence-corrected chi connectivity index (χ1v) is 10.4. The van der Waals surface area contributed by atoms with Crippen LogP contribution < -0.4 is 9.62 Å². The first-order valence-electron chi connectivity index (χ1n) is 7.39. The third-order valence-electron chi connectivity index (χ3n) is 3.46. The number of hydrogen-bond acceptors (Lipinski definition) is 3. The van der Waals surface area contributed by atoms with Crippen molar-refractivity contribution in [2.24, 2.45) is 0 Å². The van der Waals surface area contributed by atoms with E-state index in [-0.39, 0.29) is 20.8 Å². The van der Waals surface area contributed by atoms with Gasteiger partial charge in [0, 0.05) is 0 Å². The highest BCUT2D eigenvalue weighted by molar-refractivity contribution is 7.92. The van der Waals surface area contributed by atoms with Crippen LogP contribution in [0.1, 0.15) is 5.56 Å². The number of carbonyl (C=O) groups excluding carboxylic acids is 1. The molecule has 0 bridgehead atoms. The van der Waals surface area contributed by atoms with Crippen molar-refractivity contribution in [3.8, 4) is 0 Å². The summed E-state index contributed by atoms with van der Waals surface area (Å²) in [5.74, 6) is -0.858. The highest BCUT2D eigenvalue weighted by Gasteiger charge is 2.33. The van der Waals surface area contributed by atoms with Crippen LogP contribution >= 0.6 is 34.8 Å². The fourth-order valence-electron chi connectivity index (χ4n) is 2.18. The quantitative estimate of drug-likeness (QED) is 0.656. The SMILES string of the molecule is CS(=O)(=O)N(CC(=O)Nc1cccc(Cl)c1Cl)c1cc(C(F)(F)F)ccc1Cl. The molecule has 2 rings (SSSR count). The Labute approximate surface area is 174 Å². The highest BCUT2D eigenvalue weighted by Crippen LogP contribution is 2.36. The van der Waals surface area contributed by atoms with E-state index < -0.39 is 39.9 Å². The average Bonchev–Trinajstić information content (AvgIpc) is 2.55. The summed E-state index contributed by atoms with van der Waals surface area (Å²) < 4.78 is 63.6. The number of benzene rings is 2. The maximum Gasteiger partial charge on any atom is 0.416 e. The molecule has 2 aromatic carbocycles. The molecule has 0 radical (unpaired) electrons. The van der Waals surface area contributed by atoms with Gasteiger partial charge in [-0.2, -0.15) is 13.2 Å². The van der Waals surface area contributed by atoms with Gasteiger partial charge in [-0.3, -0.25) is 9.10 Å². The number of carbonyl (C=O) groups is 1. The predicted molar refractivity (Wildman–Crippen MR) is 104 cm³/mol. The first kappa shape index (κ1) is 22.6. The van der Waals surface area contributed by atoms with Gasteiger partial charge in [0.2, 0.25) is 15.9 Å². The van der Waals surface area contributed by atoms with Crippen LogP contribution in [0, 0.1) is 0 Å². The van der Waals surface area contributed by atoms with Crippen LogP contribution in [-0.2, 0) is 21.0 Å². The summed E-state index contributed by atoms with van der Waals surface area (Å²) in [6.07, 6.45) is -3.98. The predicted octanol–water partition coefficient (Wildman–Crippen LogP) is 5.07. The molecule has 0 aliphatic rings. The molecule has 0 spiro atoms. The Bertz CT molecular complexity index is 1010. The van der Waals surface area contributed by atoms with Gasteiger partial charge in [0.05, 0.1) is 38.3 Å². The molecule has 0 aliphatic heterocycles. The van der Waals surface area contributed by atoms with E-state index in [0.29, 0.717) is 16.4 Å². The van der Waals surface area contributed by atoms with Crippen LogP contribution in [0.2, 0.25) is 15.1 Å². The lowest BCUT2D eigenvalue weighted by Crippen LogP contribution is -2.37. The van der Waals surface area contributed by atoms with Gasteiger partial charge in [-0.1, -0.05) is 40.9 Å². The number of nitrogens with zero attached hydrogens (tertiary/aromatic N) is 1. The monoisotopic (exact) mass is 474 g/mol. The molecule has 1 amide bonds. The van der Waals surface area contributed by atoms with Gasteiger partial charge in [0.1, 0.15) is 6.54 Å². The number of rotatable bonds is 5. The van der Waals surface area contributed by atoms with E-state index in [1.54, 1.807) is 0 Å². The summed E-state index contributed by atoms with van der Waals surface area (Å²) in [7, 11) is -4.15. The molecule has 0 saturated heterocycles. The zero-order chi connectivity index (χ0) is 21.3. The molecule has 0 aliphatic carbocycles. The van der Waals surface area contributed by atoms with Gasteiger partial charge in [-0.25, -0.2) is 8.42 Å². The Kier molecular flexibility index (Phi) is 6.75. The van der Waals surface area contributed by atoms with E-state index in [1.807, 2.05) is 0 Å². The normalized spacial score (nSPS) is 12.0. The number of alkyl halides is 3. The van der Waals surface area contributed by atoms with Crippen molar-refractivity contribution < 1.29 is 26.4 Å². The molecule has 28 heavy (non-hydrogen) atoms. The summed E-state index contributed by atoms with van der Waals surface area (Å²) in [4.78, 5) is 12.3. The average molecular weight is 476 g/mol. The maximum atomic E-state index is 13.0. The number of hydrogen-bond donors (Lipinski definition) is 1. The molecular weight excluding hydrogens is 464 g/mol. The maximum absolute atomic E-state index is 13.0. The minimum absolute atomic E-state index is 0.0283. The van der Waals surface area contributed by atoms with Gasteiger partial charge >= 0.3 is 6.18 Å². The zero-order valence-electron chi connectivity index (χ0n) is 14.0. The third-order valence-corrected chi connectivity index (χ3v) is 5.72. The second-order valence-electron chi connectivity index (χ2n) is 5.58. The smallest absolute Gasteiger partial charge is 0.323 e. The number of halogens is 6. The van der Waals surface area contributed by atoms with Crippen molar-refractivity contribution in [2.45, 2.75) is 6.18 Å². The summed E-state index contributed by atoms with van der Waals surface area (Å²) in [5.41, 5.74) is -1.48. The van der Waals surface area contributed by atoms with E-state index >= 15 is 0 Å². The molecule has 152 valence electrons. The van der Waals surface area contributed by atoms with Gasteiger partial charge in [0.15, 0.2) is 0 Å². The van der Waals surface area contributed by atoms with Crippen molar-refractivity contribution in [1.82, 2.24) is 0 Å². The van der Waals surface area contributed by atoms with Gasteiger partial charge < -0.3 is 5.32 Å². The number of nitrogens with one attached hydrogen (secondary N) is 1. The molecule has 0 atom stereocenters. The molecule has 0 unspecified atom stereocenters. The van der Waals surface area contributed by atoms with Crippen molar-refractivity contribution in [3.05, 3.63) is 57.0 Å². The van der Waals surface area contributed by atoms with E-state index in [1.165, 1.54) is 18.2 Å². The molecule has 0 saturated carbocycles. The van der Waals surface area contributed by atoms with Crippen LogP contribution in [0.3, 0.4) is 0 Å². The summed E-state index contributed by atoms with van der Waals surface area (Å²) in [6.45, 7) is -0.831. The standard InChI is InChI=1S/C16H12Cl3F3N2O3S/c1-28(26,27)24(13-7-9(16(20,21)22)5-6-10(13)17)8-14(25)23-12-4-2-3-11(18)15(12)19/h2-7H,8H2,1H3,(H,23,25). The van der Waals surface area contributed by atoms with Crippen LogP contribution in [-0.4, -0.2) is 27.1 Å². The van der Waals surface area contributed by atoms with E-state index in [0.717, 1.165) is 12.3 Å². The van der Waals surface area contributed by atoms with Crippen molar-refractivity contribution >= 4 is 62.1 Å². The summed E-state index contributed by atoms with van der Waals surface area (Å²) in [6, 6.07) is 6.57. The van der Waals surface area contributed by atoms with Crippen LogP contribution in [0.25, 0.3) is 0 Å². The Hall–Kier alpha value is -1.68. The fraction of sp³-hybridized carbons (Fsp3) is 0.188.